The molecule has 1 atom stereocenters. The van der Waals surface area contributed by atoms with E-state index in [1.807, 2.05) is 11.6 Å². The van der Waals surface area contributed by atoms with Crippen LogP contribution in [0.4, 0.5) is 11.5 Å². The van der Waals surface area contributed by atoms with Gasteiger partial charge in [0.25, 0.3) is 0 Å². The first-order valence-electron chi connectivity index (χ1n) is 6.47. The number of anilines is 2. The van der Waals surface area contributed by atoms with Gasteiger partial charge in [-0.05, 0) is 34.1 Å². The fourth-order valence-electron chi connectivity index (χ4n) is 2.08. The molecular weight excluding hydrogens is 212 g/mol. The molecule has 0 aromatic carbocycles. The third kappa shape index (κ3) is 2.73. The minimum absolute atomic E-state index is 0.331. The van der Waals surface area contributed by atoms with Crippen LogP contribution in [-0.4, -0.2) is 22.9 Å². The highest BCUT2D eigenvalue weighted by molar-refractivity contribution is 5.66. The molecule has 1 aromatic rings. The van der Waals surface area contributed by atoms with Crippen molar-refractivity contribution in [2.24, 2.45) is 0 Å². The summed E-state index contributed by atoms with van der Waals surface area (Å²) < 4.78 is 2.02. The molecule has 17 heavy (non-hydrogen) atoms. The number of hydrogen-bond acceptors (Lipinski definition) is 3. The van der Waals surface area contributed by atoms with Crippen molar-refractivity contribution in [2.45, 2.75) is 59.5 Å². The van der Waals surface area contributed by atoms with E-state index in [0.29, 0.717) is 12.1 Å². The van der Waals surface area contributed by atoms with Crippen molar-refractivity contribution in [3.8, 4) is 0 Å². The van der Waals surface area contributed by atoms with Crippen LogP contribution in [0.1, 0.15) is 52.3 Å². The van der Waals surface area contributed by atoms with Gasteiger partial charge in [-0.2, -0.15) is 5.10 Å². The quantitative estimate of drug-likeness (QED) is 0.858. The van der Waals surface area contributed by atoms with Crippen LogP contribution in [0.3, 0.4) is 0 Å². The molecule has 0 saturated heterocycles. The first-order chi connectivity index (χ1) is 7.90. The fourth-order valence-corrected chi connectivity index (χ4v) is 2.08. The second-order valence-electron chi connectivity index (χ2n) is 5.11. The summed E-state index contributed by atoms with van der Waals surface area (Å²) in [6.45, 7) is 10.7. The van der Waals surface area contributed by atoms with Gasteiger partial charge in [-0.15, -0.1) is 0 Å². The van der Waals surface area contributed by atoms with Crippen molar-refractivity contribution in [3.05, 3.63) is 5.69 Å². The zero-order valence-corrected chi connectivity index (χ0v) is 12.0. The van der Waals surface area contributed by atoms with Crippen LogP contribution in [-0.2, 0) is 0 Å². The average Bonchev–Trinajstić information content (AvgIpc) is 2.55. The van der Waals surface area contributed by atoms with Gasteiger partial charge < -0.3 is 10.6 Å². The van der Waals surface area contributed by atoms with E-state index >= 15 is 0 Å². The molecule has 0 bridgehead atoms. The van der Waals surface area contributed by atoms with E-state index in [-0.39, 0.29) is 0 Å². The van der Waals surface area contributed by atoms with E-state index in [1.54, 1.807) is 0 Å². The Balaban J connectivity index is 3.10. The van der Waals surface area contributed by atoms with E-state index in [1.165, 1.54) is 6.42 Å². The maximum absolute atomic E-state index is 6.15. The monoisotopic (exact) mass is 238 g/mol. The lowest BCUT2D eigenvalue weighted by Gasteiger charge is -2.28. The lowest BCUT2D eigenvalue weighted by Crippen LogP contribution is -2.31. The van der Waals surface area contributed by atoms with Crippen LogP contribution in [0.15, 0.2) is 0 Å². The van der Waals surface area contributed by atoms with Gasteiger partial charge in [0.05, 0.1) is 11.4 Å². The van der Waals surface area contributed by atoms with Crippen molar-refractivity contribution in [2.75, 3.05) is 17.7 Å². The van der Waals surface area contributed by atoms with Crippen molar-refractivity contribution in [1.29, 1.82) is 0 Å². The third-order valence-corrected chi connectivity index (χ3v) is 3.30. The third-order valence-electron chi connectivity index (χ3n) is 3.30. The Bertz CT molecular complexity index is 368. The number of rotatable bonds is 5. The molecule has 0 amide bonds. The van der Waals surface area contributed by atoms with Crippen LogP contribution in [0.5, 0.6) is 0 Å². The van der Waals surface area contributed by atoms with E-state index < -0.39 is 0 Å². The standard InChI is InChI=1S/C13H26N4/c1-7-8-10(4)16(6)13-12(14)11(5)15-17(13)9(2)3/h9-10H,7-8,14H2,1-6H3. The highest BCUT2D eigenvalue weighted by Gasteiger charge is 2.21. The van der Waals surface area contributed by atoms with E-state index in [9.17, 15) is 0 Å². The zero-order valence-electron chi connectivity index (χ0n) is 12.0. The molecule has 0 aliphatic rings. The Hall–Kier alpha value is -1.19. The summed E-state index contributed by atoms with van der Waals surface area (Å²) in [6, 6.07) is 0.813. The number of aryl methyl sites for hydroxylation is 1. The van der Waals surface area contributed by atoms with Gasteiger partial charge in [0, 0.05) is 19.1 Å². The first kappa shape index (κ1) is 13.9. The van der Waals surface area contributed by atoms with Crippen molar-refractivity contribution in [1.82, 2.24) is 9.78 Å². The molecule has 0 radical (unpaired) electrons. The van der Waals surface area contributed by atoms with Crippen molar-refractivity contribution < 1.29 is 0 Å². The molecule has 1 unspecified atom stereocenters. The summed E-state index contributed by atoms with van der Waals surface area (Å²) >= 11 is 0. The normalized spacial score (nSPS) is 13.1. The molecule has 98 valence electrons. The summed E-state index contributed by atoms with van der Waals surface area (Å²) in [4.78, 5) is 2.25. The lowest BCUT2D eigenvalue weighted by atomic mass is 10.1. The van der Waals surface area contributed by atoms with E-state index in [2.05, 4.69) is 44.7 Å². The molecule has 2 N–H and O–H groups in total. The topological polar surface area (TPSA) is 47.1 Å². The average molecular weight is 238 g/mol. The molecule has 0 aliphatic carbocycles. The predicted octanol–water partition coefficient (Wildman–Crippen LogP) is 2.98. The molecule has 0 saturated carbocycles. The number of nitrogen functional groups attached to an aromatic ring is 1. The van der Waals surface area contributed by atoms with Crippen LogP contribution in [0.25, 0.3) is 0 Å². The summed E-state index contributed by atoms with van der Waals surface area (Å²) in [7, 11) is 2.10. The Morgan fingerprint density at radius 2 is 1.94 bits per heavy atom. The molecule has 0 aliphatic heterocycles. The second kappa shape index (κ2) is 5.43. The number of nitrogens with two attached hydrogens (primary N) is 1. The van der Waals surface area contributed by atoms with E-state index in [0.717, 1.165) is 23.6 Å². The van der Waals surface area contributed by atoms with Gasteiger partial charge >= 0.3 is 0 Å². The molecule has 4 nitrogen and oxygen atoms in total. The summed E-state index contributed by atoms with van der Waals surface area (Å²) in [5.74, 6) is 1.05. The predicted molar refractivity (Wildman–Crippen MR) is 74.5 cm³/mol. The molecule has 1 aromatic heterocycles. The highest BCUT2D eigenvalue weighted by atomic mass is 15.4. The lowest BCUT2D eigenvalue weighted by molar-refractivity contribution is 0.510. The van der Waals surface area contributed by atoms with E-state index in [4.69, 9.17) is 5.73 Å². The fraction of sp³-hybridized carbons (Fsp3) is 0.769. The molecule has 1 heterocycles. The summed E-state index contributed by atoms with van der Waals surface area (Å²) in [6.07, 6.45) is 2.35. The molecule has 0 spiro atoms. The Morgan fingerprint density at radius 3 is 2.41 bits per heavy atom. The van der Waals surface area contributed by atoms with Gasteiger partial charge in [-0.3, -0.25) is 0 Å². The smallest absolute Gasteiger partial charge is 0.150 e. The molecule has 1 rings (SSSR count). The zero-order chi connectivity index (χ0) is 13.2. The van der Waals surface area contributed by atoms with Gasteiger partial charge in [-0.25, -0.2) is 4.68 Å². The number of aromatic nitrogens is 2. The minimum Gasteiger partial charge on any atom is -0.394 e. The Morgan fingerprint density at radius 1 is 1.35 bits per heavy atom. The Labute approximate surface area is 105 Å². The molecule has 0 fully saturated rings. The largest absolute Gasteiger partial charge is 0.394 e. The van der Waals surface area contributed by atoms with Crippen molar-refractivity contribution in [3.63, 3.8) is 0 Å². The summed E-state index contributed by atoms with van der Waals surface area (Å²) in [5, 5.41) is 4.52. The Kier molecular flexibility index (Phi) is 4.43. The number of hydrogen-bond donors (Lipinski definition) is 1. The number of nitrogens with zero attached hydrogens (tertiary/aromatic N) is 3. The van der Waals surface area contributed by atoms with Crippen LogP contribution >= 0.6 is 0 Å². The molecule has 4 heteroatoms. The minimum atomic E-state index is 0.331. The second-order valence-corrected chi connectivity index (χ2v) is 5.11. The highest BCUT2D eigenvalue weighted by Crippen LogP contribution is 2.30. The maximum atomic E-state index is 6.15. The molecular formula is C13H26N4. The van der Waals surface area contributed by atoms with Crippen LogP contribution < -0.4 is 10.6 Å². The van der Waals surface area contributed by atoms with Gasteiger partial charge in [0.15, 0.2) is 5.82 Å². The SMILES string of the molecule is CCCC(C)N(C)c1c(N)c(C)nn1C(C)C. The van der Waals surface area contributed by atoms with Crippen molar-refractivity contribution >= 4 is 11.5 Å². The maximum Gasteiger partial charge on any atom is 0.150 e. The van der Waals surface area contributed by atoms with Gasteiger partial charge in [0.2, 0.25) is 0 Å². The summed E-state index contributed by atoms with van der Waals surface area (Å²) in [5.41, 5.74) is 7.88. The van der Waals surface area contributed by atoms with Gasteiger partial charge in [0.1, 0.15) is 0 Å². The van der Waals surface area contributed by atoms with Gasteiger partial charge in [-0.1, -0.05) is 13.3 Å². The first-order valence-corrected chi connectivity index (χ1v) is 6.47. The van der Waals surface area contributed by atoms with Crippen LogP contribution in [0, 0.1) is 6.92 Å². The van der Waals surface area contributed by atoms with Crippen LogP contribution in [0.2, 0.25) is 0 Å².